The average molecular weight is 519 g/mol. The third-order valence-corrected chi connectivity index (χ3v) is 6.65. The molecule has 0 aromatic carbocycles. The molecule has 6 rings (SSSR count). The first kappa shape index (κ1) is 23.7. The fourth-order valence-electron chi connectivity index (χ4n) is 4.71. The largest absolute Gasteiger partial charge is 0.419 e. The number of amides is 1. The number of rotatable bonds is 3. The molecule has 0 spiro atoms. The van der Waals surface area contributed by atoms with E-state index in [9.17, 15) is 18.0 Å². The molecule has 5 aromatic heterocycles. The van der Waals surface area contributed by atoms with Crippen LogP contribution in [0.5, 0.6) is 0 Å². The lowest BCUT2D eigenvalue weighted by atomic mass is 10.0. The molecule has 2 N–H and O–H groups in total. The fourth-order valence-corrected chi connectivity index (χ4v) is 4.71. The molecule has 5 aromatic rings. The van der Waals surface area contributed by atoms with Gasteiger partial charge in [0.2, 0.25) is 0 Å². The minimum absolute atomic E-state index is 0.0566. The Bertz CT molecular complexity index is 1660. The van der Waals surface area contributed by atoms with Crippen molar-refractivity contribution in [1.82, 2.24) is 39.8 Å². The smallest absolute Gasteiger partial charge is 0.383 e. The van der Waals surface area contributed by atoms with Crippen molar-refractivity contribution in [3.63, 3.8) is 0 Å². The first-order valence-corrected chi connectivity index (χ1v) is 11.8. The molecule has 1 saturated heterocycles. The predicted octanol–water partition coefficient (Wildman–Crippen LogP) is 3.91. The summed E-state index contributed by atoms with van der Waals surface area (Å²) in [5.41, 5.74) is 7.45. The zero-order valence-electron chi connectivity index (χ0n) is 19.8. The summed E-state index contributed by atoms with van der Waals surface area (Å²) in [4.78, 5) is 31.5. The number of carbonyl (C=O) groups is 1. The summed E-state index contributed by atoms with van der Waals surface area (Å²) >= 11 is 0. The van der Waals surface area contributed by atoms with Crippen LogP contribution < -0.4 is 5.73 Å². The number of pyridine rings is 4. The van der Waals surface area contributed by atoms with Gasteiger partial charge in [-0.25, -0.2) is 14.6 Å². The number of nitrogens with two attached hydrogens (primary N) is 1. The zero-order chi connectivity index (χ0) is 26.4. The number of anilines is 1. The highest BCUT2D eigenvalue weighted by atomic mass is 19.4. The number of aromatic nitrogens is 7. The van der Waals surface area contributed by atoms with E-state index in [1.807, 2.05) is 0 Å². The summed E-state index contributed by atoms with van der Waals surface area (Å²) in [5, 5.41) is 8.60. The first-order valence-electron chi connectivity index (χ1n) is 11.8. The molecule has 0 bridgehead atoms. The van der Waals surface area contributed by atoms with Crippen LogP contribution in [0.1, 0.15) is 34.9 Å². The molecule has 0 unspecified atom stereocenters. The lowest BCUT2D eigenvalue weighted by Crippen LogP contribution is -2.39. The maximum Gasteiger partial charge on any atom is 0.419 e. The van der Waals surface area contributed by atoms with Crippen molar-refractivity contribution in [1.29, 1.82) is 0 Å². The summed E-state index contributed by atoms with van der Waals surface area (Å²) < 4.78 is 42.0. The molecule has 6 heterocycles. The molecule has 1 aliphatic heterocycles. The minimum atomic E-state index is -4.64. The maximum absolute atomic E-state index is 13.4. The third-order valence-electron chi connectivity index (χ3n) is 6.65. The van der Waals surface area contributed by atoms with E-state index >= 15 is 0 Å². The van der Waals surface area contributed by atoms with Crippen molar-refractivity contribution in [2.24, 2.45) is 0 Å². The van der Waals surface area contributed by atoms with Gasteiger partial charge in [-0.15, -0.1) is 5.10 Å². The van der Waals surface area contributed by atoms with Gasteiger partial charge in [-0.1, -0.05) is 11.3 Å². The second-order valence-electron chi connectivity index (χ2n) is 8.98. The van der Waals surface area contributed by atoms with E-state index in [4.69, 9.17) is 5.73 Å². The number of hydrogen-bond donors (Lipinski definition) is 1. The molecule has 0 atom stereocenters. The van der Waals surface area contributed by atoms with Crippen molar-refractivity contribution in [2.75, 3.05) is 18.8 Å². The number of halogens is 3. The van der Waals surface area contributed by atoms with Crippen LogP contribution in [-0.4, -0.2) is 58.8 Å². The normalized spacial score (nSPS) is 14.9. The maximum atomic E-state index is 13.4. The zero-order valence-corrected chi connectivity index (χ0v) is 19.8. The van der Waals surface area contributed by atoms with Gasteiger partial charge in [0, 0.05) is 31.0 Å². The molecule has 1 aliphatic rings. The van der Waals surface area contributed by atoms with E-state index in [2.05, 4.69) is 30.2 Å². The second kappa shape index (κ2) is 9.01. The third kappa shape index (κ3) is 4.15. The number of fused-ring (bicyclic) bond motifs is 3. The van der Waals surface area contributed by atoms with Crippen LogP contribution in [-0.2, 0) is 6.18 Å². The quantitative estimate of drug-likeness (QED) is 0.380. The Kier molecular flexibility index (Phi) is 5.62. The van der Waals surface area contributed by atoms with Crippen LogP contribution in [0.25, 0.3) is 33.3 Å². The van der Waals surface area contributed by atoms with Crippen molar-refractivity contribution < 1.29 is 18.0 Å². The summed E-state index contributed by atoms with van der Waals surface area (Å²) in [6.07, 6.45) is 1.07. The van der Waals surface area contributed by atoms with Gasteiger partial charge in [-0.05, 0) is 43.2 Å². The van der Waals surface area contributed by atoms with Crippen LogP contribution in [0.3, 0.4) is 0 Å². The molecular weight excluding hydrogens is 499 g/mol. The number of alkyl halides is 3. The lowest BCUT2D eigenvalue weighted by molar-refractivity contribution is -0.137. The number of carbonyl (C=O) groups excluding carboxylic acids is 1. The number of likely N-dealkylation sites (tertiary alicyclic amines) is 1. The van der Waals surface area contributed by atoms with Crippen molar-refractivity contribution in [3.8, 4) is 11.3 Å². The summed E-state index contributed by atoms with van der Waals surface area (Å²) in [7, 11) is 0. The standard InChI is InChI=1S/C25H20F3N9O/c26-25(27,28)16-11-14(12-32-23(16)29)17-4-5-18-21(33-17)22-20(13-31-18)34-35-37(22)15-6-9-36(10-7-15)24(38)19-3-1-2-8-30-19/h1-5,8,11-13,15H,6-7,9-10H2,(H2,29,32). The van der Waals surface area contributed by atoms with Gasteiger partial charge in [0.15, 0.2) is 0 Å². The predicted molar refractivity (Wildman–Crippen MR) is 132 cm³/mol. The van der Waals surface area contributed by atoms with Crippen LogP contribution in [0, 0.1) is 0 Å². The van der Waals surface area contributed by atoms with Gasteiger partial charge < -0.3 is 10.6 Å². The topological polar surface area (TPSA) is 129 Å². The highest BCUT2D eigenvalue weighted by Crippen LogP contribution is 2.35. The monoisotopic (exact) mass is 519 g/mol. The highest BCUT2D eigenvalue weighted by molar-refractivity contribution is 5.99. The first-order chi connectivity index (χ1) is 18.3. The molecule has 0 radical (unpaired) electrons. The number of nitrogen functional groups attached to an aromatic ring is 1. The van der Waals surface area contributed by atoms with Crippen LogP contribution >= 0.6 is 0 Å². The van der Waals surface area contributed by atoms with E-state index < -0.39 is 17.6 Å². The van der Waals surface area contributed by atoms with Crippen molar-refractivity contribution in [2.45, 2.75) is 25.1 Å². The van der Waals surface area contributed by atoms with E-state index in [1.54, 1.807) is 52.3 Å². The molecule has 38 heavy (non-hydrogen) atoms. The molecular formula is C25H20F3N9O. The van der Waals surface area contributed by atoms with Crippen molar-refractivity contribution >= 4 is 33.8 Å². The fraction of sp³-hybridized carbons (Fsp3) is 0.240. The van der Waals surface area contributed by atoms with Gasteiger partial charge in [0.1, 0.15) is 28.1 Å². The number of piperidine rings is 1. The van der Waals surface area contributed by atoms with Gasteiger partial charge in [0.05, 0.1) is 29.0 Å². The van der Waals surface area contributed by atoms with Gasteiger partial charge in [0.25, 0.3) is 5.91 Å². The summed E-state index contributed by atoms with van der Waals surface area (Å²) in [5.74, 6) is -0.718. The Balaban J connectivity index is 1.34. The summed E-state index contributed by atoms with van der Waals surface area (Å²) in [6, 6.07) is 9.38. The Morgan fingerprint density at radius 3 is 2.55 bits per heavy atom. The highest BCUT2D eigenvalue weighted by Gasteiger charge is 2.34. The average Bonchev–Trinajstić information content (AvgIpc) is 3.37. The lowest BCUT2D eigenvalue weighted by Gasteiger charge is -2.31. The van der Waals surface area contributed by atoms with Crippen molar-refractivity contribution in [3.05, 3.63) is 66.2 Å². The Morgan fingerprint density at radius 2 is 1.82 bits per heavy atom. The van der Waals surface area contributed by atoms with Crippen LogP contribution in [0.15, 0.2) is 55.0 Å². The number of hydrogen-bond acceptors (Lipinski definition) is 8. The molecule has 13 heteroatoms. The molecule has 192 valence electrons. The van der Waals surface area contributed by atoms with E-state index in [0.29, 0.717) is 53.7 Å². The van der Waals surface area contributed by atoms with Crippen LogP contribution in [0.4, 0.5) is 19.0 Å². The molecule has 0 saturated carbocycles. The Morgan fingerprint density at radius 1 is 1.00 bits per heavy atom. The number of nitrogens with zero attached hydrogens (tertiary/aromatic N) is 8. The minimum Gasteiger partial charge on any atom is -0.383 e. The molecule has 10 nitrogen and oxygen atoms in total. The van der Waals surface area contributed by atoms with Gasteiger partial charge >= 0.3 is 6.18 Å². The van der Waals surface area contributed by atoms with E-state index in [-0.39, 0.29) is 23.2 Å². The second-order valence-corrected chi connectivity index (χ2v) is 8.98. The Labute approximate surface area is 213 Å². The Hall–Kier alpha value is -4.68. The SMILES string of the molecule is Nc1ncc(-c2ccc3ncc4nnn(C5CCN(C(=O)c6ccccn6)CC5)c4c3n2)cc1C(F)(F)F. The molecule has 1 fully saturated rings. The molecule has 1 amide bonds. The van der Waals surface area contributed by atoms with Gasteiger partial charge in [-0.2, -0.15) is 13.2 Å². The summed E-state index contributed by atoms with van der Waals surface area (Å²) in [6.45, 7) is 1.03. The molecule has 0 aliphatic carbocycles. The van der Waals surface area contributed by atoms with Crippen LogP contribution in [0.2, 0.25) is 0 Å². The van der Waals surface area contributed by atoms with E-state index in [1.165, 1.54) is 6.20 Å². The van der Waals surface area contributed by atoms with Gasteiger partial charge in [-0.3, -0.25) is 14.8 Å². The van der Waals surface area contributed by atoms with E-state index in [0.717, 1.165) is 6.07 Å².